The van der Waals surface area contributed by atoms with Gasteiger partial charge in [0.05, 0.1) is 0 Å². The molecule has 3 N–H and O–H groups in total. The van der Waals surface area contributed by atoms with Gasteiger partial charge >= 0.3 is 0 Å². The second-order valence-electron chi connectivity index (χ2n) is 5.63. The van der Waals surface area contributed by atoms with E-state index in [9.17, 15) is 0 Å². The molecule has 4 nitrogen and oxygen atoms in total. The van der Waals surface area contributed by atoms with Gasteiger partial charge in [-0.25, -0.2) is 0 Å². The van der Waals surface area contributed by atoms with E-state index in [-0.39, 0.29) is 6.04 Å². The molecule has 0 aromatic heterocycles. The van der Waals surface area contributed by atoms with Gasteiger partial charge in [-0.05, 0) is 31.7 Å². The van der Waals surface area contributed by atoms with Crippen molar-refractivity contribution in [2.75, 3.05) is 45.1 Å². The summed E-state index contributed by atoms with van der Waals surface area (Å²) in [6.07, 6.45) is 0. The normalized spacial score (nSPS) is 19.3. The Morgan fingerprint density at radius 3 is 2.37 bits per heavy atom. The summed E-state index contributed by atoms with van der Waals surface area (Å²) in [5.74, 6) is 0. The standard InChI is InChI=1S/C15H26N4/c1-13(16)11-17-15-5-3-14(4-6-15)12-19-9-7-18(2)8-10-19/h3-6,13,17H,7-12,16H2,1-2H3. The molecule has 1 unspecified atom stereocenters. The van der Waals surface area contributed by atoms with Gasteiger partial charge < -0.3 is 16.0 Å². The van der Waals surface area contributed by atoms with Crippen molar-refractivity contribution >= 4 is 5.69 Å². The van der Waals surface area contributed by atoms with Crippen LogP contribution in [0.2, 0.25) is 0 Å². The van der Waals surface area contributed by atoms with Crippen molar-refractivity contribution in [3.05, 3.63) is 29.8 Å². The fourth-order valence-electron chi connectivity index (χ4n) is 2.27. The molecule has 0 saturated carbocycles. The molecule has 1 aliphatic rings. The van der Waals surface area contributed by atoms with Crippen LogP contribution in [0.3, 0.4) is 0 Å². The van der Waals surface area contributed by atoms with Crippen LogP contribution in [0, 0.1) is 0 Å². The topological polar surface area (TPSA) is 44.5 Å². The highest BCUT2D eigenvalue weighted by Gasteiger charge is 2.13. The molecule has 0 amide bonds. The predicted molar refractivity (Wildman–Crippen MR) is 81.4 cm³/mol. The summed E-state index contributed by atoms with van der Waals surface area (Å²) < 4.78 is 0. The Morgan fingerprint density at radius 1 is 1.16 bits per heavy atom. The maximum atomic E-state index is 5.73. The Bertz CT molecular complexity index is 366. The fraction of sp³-hybridized carbons (Fsp3) is 0.600. The van der Waals surface area contributed by atoms with Crippen molar-refractivity contribution in [2.45, 2.75) is 19.5 Å². The number of likely N-dealkylation sites (N-methyl/N-ethyl adjacent to an activating group) is 1. The Balaban J connectivity index is 1.81. The zero-order valence-corrected chi connectivity index (χ0v) is 12.1. The van der Waals surface area contributed by atoms with Gasteiger partial charge in [-0.1, -0.05) is 12.1 Å². The third-order valence-corrected chi connectivity index (χ3v) is 3.58. The first-order chi connectivity index (χ1) is 9.13. The van der Waals surface area contributed by atoms with Crippen LogP contribution in [0.1, 0.15) is 12.5 Å². The number of nitrogens with one attached hydrogen (secondary N) is 1. The van der Waals surface area contributed by atoms with Crippen molar-refractivity contribution < 1.29 is 0 Å². The van der Waals surface area contributed by atoms with Crippen molar-refractivity contribution in [3.8, 4) is 0 Å². The highest BCUT2D eigenvalue weighted by molar-refractivity contribution is 5.44. The molecule has 1 aliphatic heterocycles. The quantitative estimate of drug-likeness (QED) is 0.837. The minimum absolute atomic E-state index is 0.185. The molecule has 0 bridgehead atoms. The number of hydrogen-bond donors (Lipinski definition) is 2. The minimum atomic E-state index is 0.185. The summed E-state index contributed by atoms with van der Waals surface area (Å²) in [4.78, 5) is 4.90. The minimum Gasteiger partial charge on any atom is -0.383 e. The first-order valence-electron chi connectivity index (χ1n) is 7.13. The van der Waals surface area contributed by atoms with Crippen LogP contribution in [0.15, 0.2) is 24.3 Å². The van der Waals surface area contributed by atoms with E-state index < -0.39 is 0 Å². The van der Waals surface area contributed by atoms with Crippen LogP contribution >= 0.6 is 0 Å². The lowest BCUT2D eigenvalue weighted by Crippen LogP contribution is -2.43. The second kappa shape index (κ2) is 6.89. The molecule has 0 radical (unpaired) electrons. The van der Waals surface area contributed by atoms with Gasteiger partial charge in [0.25, 0.3) is 0 Å². The summed E-state index contributed by atoms with van der Waals surface area (Å²) in [6.45, 7) is 8.57. The number of rotatable bonds is 5. The molecule has 1 fully saturated rings. The van der Waals surface area contributed by atoms with E-state index in [1.54, 1.807) is 0 Å². The zero-order valence-electron chi connectivity index (χ0n) is 12.1. The summed E-state index contributed by atoms with van der Waals surface area (Å²) in [5.41, 5.74) is 8.27. The maximum absolute atomic E-state index is 5.73. The van der Waals surface area contributed by atoms with Crippen LogP contribution in [0.5, 0.6) is 0 Å². The van der Waals surface area contributed by atoms with Crippen molar-refractivity contribution in [1.29, 1.82) is 0 Å². The van der Waals surface area contributed by atoms with Crippen LogP contribution in [-0.4, -0.2) is 55.6 Å². The molecule has 1 heterocycles. The average Bonchev–Trinajstić information content (AvgIpc) is 2.40. The molecule has 1 saturated heterocycles. The molecule has 0 spiro atoms. The molecular formula is C15H26N4. The highest BCUT2D eigenvalue weighted by atomic mass is 15.2. The fourth-order valence-corrected chi connectivity index (χ4v) is 2.27. The average molecular weight is 262 g/mol. The molecule has 4 heteroatoms. The summed E-state index contributed by atoms with van der Waals surface area (Å²) in [5, 5.41) is 3.34. The lowest BCUT2D eigenvalue weighted by Gasteiger charge is -2.32. The number of nitrogens with two attached hydrogens (primary N) is 1. The molecule has 2 rings (SSSR count). The molecule has 106 valence electrons. The van der Waals surface area contributed by atoms with Gasteiger partial charge in [0, 0.05) is 51.0 Å². The van der Waals surface area contributed by atoms with Gasteiger partial charge in [0.2, 0.25) is 0 Å². The summed E-state index contributed by atoms with van der Waals surface area (Å²) in [6, 6.07) is 8.90. The largest absolute Gasteiger partial charge is 0.383 e. The molecular weight excluding hydrogens is 236 g/mol. The van der Waals surface area contributed by atoms with Gasteiger partial charge in [-0.2, -0.15) is 0 Å². The third-order valence-electron chi connectivity index (χ3n) is 3.58. The maximum Gasteiger partial charge on any atom is 0.0340 e. The van der Waals surface area contributed by atoms with Gasteiger partial charge in [0.1, 0.15) is 0 Å². The molecule has 0 aliphatic carbocycles. The van der Waals surface area contributed by atoms with E-state index in [0.717, 1.165) is 18.8 Å². The van der Waals surface area contributed by atoms with Crippen LogP contribution in [0.25, 0.3) is 0 Å². The van der Waals surface area contributed by atoms with E-state index in [0.29, 0.717) is 0 Å². The lowest BCUT2D eigenvalue weighted by molar-refractivity contribution is 0.148. The van der Waals surface area contributed by atoms with E-state index in [4.69, 9.17) is 5.73 Å². The summed E-state index contributed by atoms with van der Waals surface area (Å²) >= 11 is 0. The van der Waals surface area contributed by atoms with Gasteiger partial charge in [0.15, 0.2) is 0 Å². The molecule has 1 aromatic rings. The first-order valence-corrected chi connectivity index (χ1v) is 7.13. The second-order valence-corrected chi connectivity index (χ2v) is 5.63. The van der Waals surface area contributed by atoms with Crippen LogP contribution < -0.4 is 11.1 Å². The van der Waals surface area contributed by atoms with Crippen molar-refractivity contribution in [3.63, 3.8) is 0 Å². The van der Waals surface area contributed by atoms with Crippen molar-refractivity contribution in [2.24, 2.45) is 5.73 Å². The van der Waals surface area contributed by atoms with Gasteiger partial charge in [-0.15, -0.1) is 0 Å². The third kappa shape index (κ3) is 4.82. The number of nitrogens with zero attached hydrogens (tertiary/aromatic N) is 2. The first kappa shape index (κ1) is 14.3. The molecule has 19 heavy (non-hydrogen) atoms. The smallest absolute Gasteiger partial charge is 0.0340 e. The number of anilines is 1. The van der Waals surface area contributed by atoms with E-state index in [1.807, 2.05) is 6.92 Å². The number of benzene rings is 1. The van der Waals surface area contributed by atoms with E-state index in [1.165, 1.54) is 31.7 Å². The predicted octanol–water partition coefficient (Wildman–Crippen LogP) is 1.19. The Hall–Kier alpha value is -1.10. The number of piperazine rings is 1. The number of hydrogen-bond acceptors (Lipinski definition) is 4. The van der Waals surface area contributed by atoms with Crippen LogP contribution in [-0.2, 0) is 6.54 Å². The van der Waals surface area contributed by atoms with Crippen LogP contribution in [0.4, 0.5) is 5.69 Å². The monoisotopic (exact) mass is 262 g/mol. The lowest BCUT2D eigenvalue weighted by atomic mass is 10.1. The SMILES string of the molecule is CC(N)CNc1ccc(CN2CCN(C)CC2)cc1. The zero-order chi connectivity index (χ0) is 13.7. The Labute approximate surface area is 116 Å². The molecule has 1 atom stereocenters. The Kier molecular flexibility index (Phi) is 5.19. The highest BCUT2D eigenvalue weighted by Crippen LogP contribution is 2.12. The summed E-state index contributed by atoms with van der Waals surface area (Å²) in [7, 11) is 2.19. The van der Waals surface area contributed by atoms with E-state index in [2.05, 4.69) is 46.4 Å². The Morgan fingerprint density at radius 2 is 1.79 bits per heavy atom. The van der Waals surface area contributed by atoms with Gasteiger partial charge in [-0.3, -0.25) is 4.90 Å². The van der Waals surface area contributed by atoms with Crippen molar-refractivity contribution in [1.82, 2.24) is 9.80 Å². The molecule has 1 aromatic carbocycles. The van der Waals surface area contributed by atoms with E-state index >= 15 is 0 Å².